The predicted octanol–water partition coefficient (Wildman–Crippen LogP) is 1.75. The lowest BCUT2D eigenvalue weighted by atomic mass is 10.1. The Kier molecular flexibility index (Phi) is 3.26. The third-order valence-corrected chi connectivity index (χ3v) is 2.38. The summed E-state index contributed by atoms with van der Waals surface area (Å²) in [7, 11) is 0. The maximum Gasteiger partial charge on any atom is 0.122 e. The number of ether oxygens (including phenoxy) is 1. The summed E-state index contributed by atoms with van der Waals surface area (Å²) in [5.41, 5.74) is 2.29. The Morgan fingerprint density at radius 3 is 3.20 bits per heavy atom. The van der Waals surface area contributed by atoms with E-state index in [9.17, 15) is 0 Å². The van der Waals surface area contributed by atoms with Crippen LogP contribution in [0.15, 0.2) is 18.2 Å². The quantitative estimate of drug-likeness (QED) is 0.584. The molecule has 0 spiro atoms. The van der Waals surface area contributed by atoms with Crippen LogP contribution in [0.25, 0.3) is 0 Å². The number of fused-ring (bicyclic) bond motifs is 1. The molecule has 1 aromatic rings. The van der Waals surface area contributed by atoms with Gasteiger partial charge < -0.3 is 9.84 Å². The van der Waals surface area contributed by atoms with Gasteiger partial charge in [0.05, 0.1) is 6.61 Å². The Morgan fingerprint density at radius 2 is 2.33 bits per heavy atom. The van der Waals surface area contributed by atoms with Crippen molar-refractivity contribution in [3.8, 4) is 17.6 Å². The summed E-state index contributed by atoms with van der Waals surface area (Å²) in [5, 5.41) is 8.61. The van der Waals surface area contributed by atoms with Gasteiger partial charge in [-0.1, -0.05) is 11.8 Å². The predicted molar refractivity (Wildman–Crippen MR) is 58.8 cm³/mol. The summed E-state index contributed by atoms with van der Waals surface area (Å²) in [6, 6.07) is 6.06. The summed E-state index contributed by atoms with van der Waals surface area (Å²) < 4.78 is 5.42. The fourth-order valence-electron chi connectivity index (χ4n) is 1.60. The van der Waals surface area contributed by atoms with Crippen LogP contribution >= 0.6 is 0 Å². The Morgan fingerprint density at radius 1 is 1.40 bits per heavy atom. The third kappa shape index (κ3) is 2.51. The SMILES string of the molecule is OCCCC#Cc1ccc2c(c1)CCO2. The summed E-state index contributed by atoms with van der Waals surface area (Å²) in [4.78, 5) is 0. The van der Waals surface area contributed by atoms with E-state index in [0.717, 1.165) is 37.2 Å². The molecule has 1 heterocycles. The summed E-state index contributed by atoms with van der Waals surface area (Å²) >= 11 is 0. The Labute approximate surface area is 89.9 Å². The van der Waals surface area contributed by atoms with Gasteiger partial charge in [0.1, 0.15) is 5.75 Å². The number of benzene rings is 1. The maximum atomic E-state index is 8.61. The molecule has 0 aromatic heterocycles. The molecule has 2 nitrogen and oxygen atoms in total. The van der Waals surface area contributed by atoms with Crippen LogP contribution in [0.2, 0.25) is 0 Å². The number of aliphatic hydroxyl groups is 1. The van der Waals surface area contributed by atoms with Crippen molar-refractivity contribution in [2.45, 2.75) is 19.3 Å². The molecule has 2 heteroatoms. The molecule has 2 rings (SSSR count). The van der Waals surface area contributed by atoms with E-state index in [1.165, 1.54) is 5.56 Å². The summed E-state index contributed by atoms with van der Waals surface area (Å²) in [6.45, 7) is 1.00. The summed E-state index contributed by atoms with van der Waals surface area (Å²) in [6.07, 6.45) is 2.49. The van der Waals surface area contributed by atoms with Crippen molar-refractivity contribution < 1.29 is 9.84 Å². The monoisotopic (exact) mass is 202 g/mol. The van der Waals surface area contributed by atoms with Gasteiger partial charge in [-0.05, 0) is 30.2 Å². The molecule has 15 heavy (non-hydrogen) atoms. The van der Waals surface area contributed by atoms with E-state index in [1.807, 2.05) is 12.1 Å². The van der Waals surface area contributed by atoms with Crippen molar-refractivity contribution >= 4 is 0 Å². The van der Waals surface area contributed by atoms with Crippen LogP contribution in [0.5, 0.6) is 5.75 Å². The highest BCUT2D eigenvalue weighted by Crippen LogP contribution is 2.25. The molecule has 78 valence electrons. The zero-order chi connectivity index (χ0) is 10.5. The van der Waals surface area contributed by atoms with E-state index in [2.05, 4.69) is 17.9 Å². The number of aliphatic hydroxyl groups excluding tert-OH is 1. The lowest BCUT2D eigenvalue weighted by molar-refractivity contribution is 0.290. The van der Waals surface area contributed by atoms with E-state index in [-0.39, 0.29) is 6.61 Å². The Balaban J connectivity index is 2.05. The van der Waals surface area contributed by atoms with Crippen LogP contribution < -0.4 is 4.74 Å². The van der Waals surface area contributed by atoms with Gasteiger partial charge in [0.15, 0.2) is 0 Å². The zero-order valence-corrected chi connectivity index (χ0v) is 8.62. The van der Waals surface area contributed by atoms with E-state index < -0.39 is 0 Å². The van der Waals surface area contributed by atoms with Crippen molar-refractivity contribution in [3.05, 3.63) is 29.3 Å². The molecule has 1 N–H and O–H groups in total. The molecule has 0 atom stereocenters. The van der Waals surface area contributed by atoms with Gasteiger partial charge in [-0.3, -0.25) is 0 Å². The van der Waals surface area contributed by atoms with Gasteiger partial charge in [-0.25, -0.2) is 0 Å². The van der Waals surface area contributed by atoms with Gasteiger partial charge in [0.2, 0.25) is 0 Å². The lowest BCUT2D eigenvalue weighted by Crippen LogP contribution is -1.85. The maximum absolute atomic E-state index is 8.61. The average molecular weight is 202 g/mol. The van der Waals surface area contributed by atoms with Gasteiger partial charge in [-0.15, -0.1) is 0 Å². The molecule has 0 aliphatic carbocycles. The fourth-order valence-corrected chi connectivity index (χ4v) is 1.60. The van der Waals surface area contributed by atoms with Gasteiger partial charge >= 0.3 is 0 Å². The molecular formula is C13H14O2. The third-order valence-electron chi connectivity index (χ3n) is 2.38. The number of hydrogen-bond donors (Lipinski definition) is 1. The smallest absolute Gasteiger partial charge is 0.122 e. The number of unbranched alkanes of at least 4 members (excludes halogenated alkanes) is 1. The first kappa shape index (κ1) is 10.1. The highest BCUT2D eigenvalue weighted by atomic mass is 16.5. The normalized spacial score (nSPS) is 12.6. The molecule has 1 aliphatic heterocycles. The van der Waals surface area contributed by atoms with E-state index >= 15 is 0 Å². The molecule has 1 aliphatic rings. The molecule has 0 amide bonds. The van der Waals surface area contributed by atoms with Crippen LogP contribution in [0.1, 0.15) is 24.0 Å². The van der Waals surface area contributed by atoms with Crippen LogP contribution in [0.3, 0.4) is 0 Å². The van der Waals surface area contributed by atoms with Crippen molar-refractivity contribution in [2.75, 3.05) is 13.2 Å². The van der Waals surface area contributed by atoms with Gasteiger partial charge in [-0.2, -0.15) is 0 Å². The van der Waals surface area contributed by atoms with E-state index in [1.54, 1.807) is 0 Å². The molecule has 0 fully saturated rings. The first-order valence-corrected chi connectivity index (χ1v) is 5.25. The van der Waals surface area contributed by atoms with Gasteiger partial charge in [0.25, 0.3) is 0 Å². The highest BCUT2D eigenvalue weighted by Gasteiger charge is 2.10. The molecule has 0 saturated carbocycles. The molecular weight excluding hydrogens is 188 g/mol. The molecule has 0 bridgehead atoms. The standard InChI is InChI=1S/C13H14O2/c14-8-3-1-2-4-11-5-6-13-12(10-11)7-9-15-13/h5-6,10,14H,1,3,7-9H2. The average Bonchev–Trinajstić information content (AvgIpc) is 2.71. The first-order valence-electron chi connectivity index (χ1n) is 5.25. The molecule has 0 unspecified atom stereocenters. The summed E-state index contributed by atoms with van der Waals surface area (Å²) in [5.74, 6) is 7.13. The minimum Gasteiger partial charge on any atom is -0.493 e. The fraction of sp³-hybridized carbons (Fsp3) is 0.385. The number of rotatable bonds is 2. The van der Waals surface area contributed by atoms with Crippen LogP contribution in [0.4, 0.5) is 0 Å². The first-order chi connectivity index (χ1) is 7.40. The topological polar surface area (TPSA) is 29.5 Å². The van der Waals surface area contributed by atoms with Crippen molar-refractivity contribution in [2.24, 2.45) is 0 Å². The minimum atomic E-state index is 0.215. The Bertz CT molecular complexity index is 399. The minimum absolute atomic E-state index is 0.215. The second-order valence-electron chi connectivity index (χ2n) is 3.55. The van der Waals surface area contributed by atoms with E-state index in [4.69, 9.17) is 9.84 Å². The second-order valence-corrected chi connectivity index (χ2v) is 3.55. The second kappa shape index (κ2) is 4.86. The molecule has 0 saturated heterocycles. The van der Waals surface area contributed by atoms with Crippen molar-refractivity contribution in [1.82, 2.24) is 0 Å². The van der Waals surface area contributed by atoms with Crippen LogP contribution in [-0.4, -0.2) is 18.3 Å². The lowest BCUT2D eigenvalue weighted by Gasteiger charge is -1.97. The van der Waals surface area contributed by atoms with Crippen LogP contribution in [-0.2, 0) is 6.42 Å². The highest BCUT2D eigenvalue weighted by molar-refractivity contribution is 5.45. The molecule has 1 aromatic carbocycles. The zero-order valence-electron chi connectivity index (χ0n) is 8.62. The van der Waals surface area contributed by atoms with Crippen molar-refractivity contribution in [1.29, 1.82) is 0 Å². The molecule has 0 radical (unpaired) electrons. The van der Waals surface area contributed by atoms with Gasteiger partial charge in [0, 0.05) is 25.0 Å². The Hall–Kier alpha value is -1.46. The largest absolute Gasteiger partial charge is 0.493 e. The van der Waals surface area contributed by atoms with Crippen LogP contribution in [0, 0.1) is 11.8 Å². The van der Waals surface area contributed by atoms with E-state index in [0.29, 0.717) is 0 Å². The number of hydrogen-bond acceptors (Lipinski definition) is 2. The van der Waals surface area contributed by atoms with Crippen molar-refractivity contribution in [3.63, 3.8) is 0 Å².